The molecule has 0 saturated heterocycles. The molecule has 1 unspecified atom stereocenters. The van der Waals surface area contributed by atoms with E-state index < -0.39 is 10.8 Å². The van der Waals surface area contributed by atoms with Crippen LogP contribution in [0.1, 0.15) is 45.4 Å². The van der Waals surface area contributed by atoms with Gasteiger partial charge >= 0.3 is 0 Å². The van der Waals surface area contributed by atoms with E-state index in [9.17, 15) is 0 Å². The Morgan fingerprint density at radius 3 is 1.61 bits per heavy atom. The fourth-order valence-electron chi connectivity index (χ4n) is 12.7. The Balaban J connectivity index is 1.02. The van der Waals surface area contributed by atoms with E-state index in [-0.39, 0.29) is 6.04 Å². The molecule has 0 saturated carbocycles. The molecule has 0 fully saturated rings. The van der Waals surface area contributed by atoms with Crippen LogP contribution in [0.3, 0.4) is 0 Å². The lowest BCUT2D eigenvalue weighted by molar-refractivity contribution is 0.693. The zero-order valence-corrected chi connectivity index (χ0v) is 38.2. The predicted molar refractivity (Wildman–Crippen MR) is 278 cm³/mol. The molecule has 15 rings (SSSR count). The number of allylic oxidation sites excluding steroid dienone is 1. The van der Waals surface area contributed by atoms with Gasteiger partial charge in [0, 0.05) is 45.5 Å². The minimum atomic E-state index is -0.476. The predicted octanol–water partition coefficient (Wildman–Crippen LogP) is 16.7. The van der Waals surface area contributed by atoms with Crippen LogP contribution < -0.4 is 4.90 Å². The van der Waals surface area contributed by atoms with Crippen molar-refractivity contribution in [3.05, 3.63) is 268 Å². The van der Waals surface area contributed by atoms with Gasteiger partial charge in [-0.15, -0.1) is 11.3 Å². The summed E-state index contributed by atoms with van der Waals surface area (Å²) in [5, 5.41) is 2.64. The number of benzene rings is 9. The lowest BCUT2D eigenvalue weighted by Crippen LogP contribution is -2.38. The maximum atomic E-state index is 2.72. The van der Waals surface area contributed by atoms with Gasteiger partial charge in [0.25, 0.3) is 0 Å². The maximum Gasteiger partial charge on any atom is 0.0736 e. The maximum absolute atomic E-state index is 2.72. The number of fused-ring (bicyclic) bond motifs is 21. The van der Waals surface area contributed by atoms with Crippen LogP contribution in [0.5, 0.6) is 0 Å². The summed E-state index contributed by atoms with van der Waals surface area (Å²) < 4.78 is 2.63. The molecule has 10 aromatic rings. The van der Waals surface area contributed by atoms with Crippen molar-refractivity contribution in [3.63, 3.8) is 0 Å². The van der Waals surface area contributed by atoms with E-state index in [4.69, 9.17) is 0 Å². The first-order chi connectivity index (χ1) is 32.7. The number of hydrogen-bond acceptors (Lipinski definition) is 4. The highest BCUT2D eigenvalue weighted by atomic mass is 32.2. The average Bonchev–Trinajstić information content (AvgIpc) is 4.01. The third kappa shape index (κ3) is 4.79. The van der Waals surface area contributed by atoms with Crippen molar-refractivity contribution in [1.29, 1.82) is 0 Å². The van der Waals surface area contributed by atoms with E-state index in [2.05, 4.69) is 223 Å². The summed E-state index contributed by atoms with van der Waals surface area (Å²) >= 11 is 5.76. The van der Waals surface area contributed by atoms with Crippen LogP contribution in [0, 0.1) is 0 Å². The van der Waals surface area contributed by atoms with Crippen molar-refractivity contribution in [1.82, 2.24) is 0 Å². The van der Waals surface area contributed by atoms with Gasteiger partial charge in [0.2, 0.25) is 0 Å². The molecule has 0 bridgehead atoms. The Hall–Kier alpha value is -6.82. The first kappa shape index (κ1) is 37.4. The van der Waals surface area contributed by atoms with Crippen LogP contribution in [0.2, 0.25) is 0 Å². The molecule has 0 amide bonds. The largest absolute Gasteiger partial charge is 0.334 e. The molecule has 5 aliphatic rings. The second-order valence-electron chi connectivity index (χ2n) is 18.1. The number of nitrogens with zero attached hydrogens (tertiary/aromatic N) is 1. The normalized spacial score (nSPS) is 17.2. The lowest BCUT2D eigenvalue weighted by atomic mass is 9.65. The standard InChI is InChI=1S/C62H39NS3/c1-6-21-45-40(16-1)41-17-2-7-22-46(41)61(45)49-25-10-13-29-55(49)65-57-34-32-38(36-51(57)61)63(53-27-15-31-59-60(53)44-20-5-12-28-54(44)64-59)39-33-35-58-52(37-39)62(50-26-11-14-30-56(50)66-58)47-23-8-3-18-42(47)43-19-4-9-24-48(43)62/h1-32,34-37,39H,33H2. The zero-order valence-electron chi connectivity index (χ0n) is 35.7. The molecule has 1 atom stereocenters. The highest BCUT2D eigenvalue weighted by Gasteiger charge is 2.53. The Labute approximate surface area is 396 Å². The number of anilines is 2. The second kappa shape index (κ2) is 13.9. The van der Waals surface area contributed by atoms with Crippen molar-refractivity contribution in [2.75, 3.05) is 4.90 Å². The Morgan fingerprint density at radius 1 is 0.424 bits per heavy atom. The Bertz CT molecular complexity index is 3700. The summed E-state index contributed by atoms with van der Waals surface area (Å²) in [4.78, 5) is 8.06. The van der Waals surface area contributed by atoms with E-state index in [1.165, 1.54) is 118 Å². The summed E-state index contributed by atoms with van der Waals surface area (Å²) in [7, 11) is 0. The summed E-state index contributed by atoms with van der Waals surface area (Å²) in [6.45, 7) is 0. The van der Waals surface area contributed by atoms with Gasteiger partial charge in [-0.05, 0) is 122 Å². The van der Waals surface area contributed by atoms with E-state index >= 15 is 0 Å². The molecule has 0 N–H and O–H groups in total. The molecule has 66 heavy (non-hydrogen) atoms. The minimum absolute atomic E-state index is 0.0105. The first-order valence-corrected chi connectivity index (χ1v) is 25.4. The van der Waals surface area contributed by atoms with Gasteiger partial charge in [-0.1, -0.05) is 193 Å². The number of thioether (sulfide) groups is 1. The van der Waals surface area contributed by atoms with Crippen LogP contribution >= 0.6 is 34.9 Å². The quantitative estimate of drug-likeness (QED) is 0.174. The van der Waals surface area contributed by atoms with Gasteiger partial charge in [0.1, 0.15) is 0 Å². The van der Waals surface area contributed by atoms with E-state index in [1.54, 1.807) is 0 Å². The second-order valence-corrected chi connectivity index (χ2v) is 21.4. The van der Waals surface area contributed by atoms with Crippen LogP contribution in [0.4, 0.5) is 11.4 Å². The van der Waals surface area contributed by atoms with Crippen LogP contribution in [0.25, 0.3) is 42.4 Å². The highest BCUT2D eigenvalue weighted by molar-refractivity contribution is 8.03. The molecule has 4 heteroatoms. The van der Waals surface area contributed by atoms with Crippen LogP contribution in [-0.4, -0.2) is 6.04 Å². The number of thiophene rings is 1. The van der Waals surface area contributed by atoms with Gasteiger partial charge in [-0.3, -0.25) is 0 Å². The third-order valence-electron chi connectivity index (χ3n) is 15.1. The van der Waals surface area contributed by atoms with Gasteiger partial charge in [-0.25, -0.2) is 0 Å². The zero-order chi connectivity index (χ0) is 43.1. The van der Waals surface area contributed by atoms with Crippen molar-refractivity contribution >= 4 is 66.4 Å². The monoisotopic (exact) mass is 893 g/mol. The molecule has 2 aliphatic heterocycles. The SMILES string of the molecule is C1=C2Sc3ccccc3C3(C2=CC(N(c2ccc4c(c2)C2(c5ccccc5S4)c4ccccc4-c4ccccc42)c2cccc4sc5ccccc5c24)C1)c1ccccc1-c1ccccc13. The van der Waals surface area contributed by atoms with Crippen LogP contribution in [0.15, 0.2) is 244 Å². The average molecular weight is 894 g/mol. The topological polar surface area (TPSA) is 3.24 Å². The van der Waals surface area contributed by atoms with E-state index in [1.807, 2.05) is 34.9 Å². The fourth-order valence-corrected chi connectivity index (χ4v) is 16.2. The summed E-state index contributed by atoms with van der Waals surface area (Å²) in [5.41, 5.74) is 17.8. The van der Waals surface area contributed by atoms with E-state index in [0.717, 1.165) is 6.42 Å². The molecule has 1 aromatic heterocycles. The van der Waals surface area contributed by atoms with Crippen molar-refractivity contribution in [2.24, 2.45) is 0 Å². The Kier molecular flexibility index (Phi) is 7.85. The Morgan fingerprint density at radius 2 is 0.939 bits per heavy atom. The molecule has 3 aliphatic carbocycles. The summed E-state index contributed by atoms with van der Waals surface area (Å²) in [5.74, 6) is 0. The molecule has 3 heterocycles. The van der Waals surface area contributed by atoms with Gasteiger partial charge in [0.15, 0.2) is 0 Å². The summed E-state index contributed by atoms with van der Waals surface area (Å²) in [6, 6.07) is 78.5. The highest BCUT2D eigenvalue weighted by Crippen LogP contribution is 2.66. The molecular weight excluding hydrogens is 855 g/mol. The van der Waals surface area contributed by atoms with Gasteiger partial charge in [0.05, 0.1) is 22.6 Å². The van der Waals surface area contributed by atoms with Gasteiger partial charge < -0.3 is 4.90 Å². The molecule has 9 aromatic carbocycles. The summed E-state index contributed by atoms with van der Waals surface area (Å²) in [6.07, 6.45) is 6.13. The smallest absolute Gasteiger partial charge is 0.0736 e. The van der Waals surface area contributed by atoms with E-state index in [0.29, 0.717) is 0 Å². The fraction of sp³-hybridized carbons (Fsp3) is 0.0645. The lowest BCUT2D eigenvalue weighted by Gasteiger charge is -2.45. The molecular formula is C62H39NS3. The van der Waals surface area contributed by atoms with Gasteiger partial charge in [-0.2, -0.15) is 0 Å². The van der Waals surface area contributed by atoms with Crippen molar-refractivity contribution in [3.8, 4) is 22.3 Å². The number of hydrogen-bond donors (Lipinski definition) is 0. The number of rotatable bonds is 3. The molecule has 2 spiro atoms. The molecule has 310 valence electrons. The van der Waals surface area contributed by atoms with Crippen LogP contribution in [-0.2, 0) is 10.8 Å². The third-order valence-corrected chi connectivity index (χ3v) is 18.6. The molecule has 0 radical (unpaired) electrons. The molecule has 1 nitrogen and oxygen atoms in total. The van der Waals surface area contributed by atoms with Crippen molar-refractivity contribution in [2.45, 2.75) is 38.0 Å². The first-order valence-electron chi connectivity index (χ1n) is 22.9. The minimum Gasteiger partial charge on any atom is -0.334 e. The van der Waals surface area contributed by atoms with Crippen molar-refractivity contribution < 1.29 is 0 Å².